The summed E-state index contributed by atoms with van der Waals surface area (Å²) in [6, 6.07) is 5.27. The van der Waals surface area contributed by atoms with Crippen molar-refractivity contribution in [1.82, 2.24) is 5.32 Å². The highest BCUT2D eigenvalue weighted by Gasteiger charge is 2.19. The maximum absolute atomic E-state index is 13.5. The molecule has 0 bridgehead atoms. The van der Waals surface area contributed by atoms with Gasteiger partial charge in [0.25, 0.3) is 5.91 Å². The number of amides is 2. The third-order valence-corrected chi connectivity index (χ3v) is 3.82. The Morgan fingerprint density at radius 1 is 1.04 bits per heavy atom. The molecule has 0 aliphatic carbocycles. The molecule has 1 aromatic heterocycles. The monoisotopic (exact) mass is 380 g/mol. The molecular weight excluding hydrogens is 368 g/mol. The smallest absolute Gasteiger partial charge is 0.287 e. The molecule has 2 amide bonds. The molecule has 0 aliphatic heterocycles. The minimum atomic E-state index is -1.72. The molecule has 9 heteroatoms. The third-order valence-electron chi connectivity index (χ3n) is 3.82. The lowest BCUT2D eigenvalue weighted by Gasteiger charge is -2.08. The zero-order valence-electron chi connectivity index (χ0n) is 13.8. The summed E-state index contributed by atoms with van der Waals surface area (Å²) in [6.07, 6.45) is 0. The number of nitrogens with one attached hydrogen (secondary N) is 2. The Morgan fingerprint density at radius 3 is 2.52 bits per heavy atom. The average molecular weight is 380 g/mol. The van der Waals surface area contributed by atoms with Crippen LogP contribution >= 0.6 is 0 Å². The lowest BCUT2D eigenvalue weighted by atomic mass is 10.1. The van der Waals surface area contributed by atoms with Crippen LogP contribution < -0.4 is 10.6 Å². The summed E-state index contributed by atoms with van der Waals surface area (Å²) in [6.45, 7) is 0.971. The average Bonchev–Trinajstić information content (AvgIpc) is 2.96. The Morgan fingerprint density at radius 2 is 1.78 bits per heavy atom. The van der Waals surface area contributed by atoms with Crippen molar-refractivity contribution < 1.29 is 31.6 Å². The number of rotatable bonds is 4. The van der Waals surface area contributed by atoms with Gasteiger partial charge in [0.1, 0.15) is 11.4 Å². The number of aryl methyl sites for hydroxylation is 1. The van der Waals surface area contributed by atoms with Crippen LogP contribution in [-0.2, 0) is 4.79 Å². The van der Waals surface area contributed by atoms with Gasteiger partial charge < -0.3 is 15.1 Å². The predicted octanol–water partition coefficient (Wildman–Crippen LogP) is 3.67. The molecule has 140 valence electrons. The highest BCUT2D eigenvalue weighted by molar-refractivity contribution is 6.01. The SMILES string of the molecule is Cc1c(C(=O)NCC(=O)Nc2ccc(F)c(F)c2F)oc2ccc(F)cc12. The second-order valence-electron chi connectivity index (χ2n) is 5.65. The number of fused-ring (bicyclic) bond motifs is 1. The number of carbonyl (C=O) groups excluding carboxylic acids is 2. The van der Waals surface area contributed by atoms with Gasteiger partial charge in [-0.25, -0.2) is 17.6 Å². The first-order chi connectivity index (χ1) is 12.8. The maximum atomic E-state index is 13.5. The van der Waals surface area contributed by atoms with Crippen LogP contribution in [0.4, 0.5) is 23.2 Å². The van der Waals surface area contributed by atoms with Gasteiger partial charge in [0.15, 0.2) is 23.2 Å². The topological polar surface area (TPSA) is 71.3 Å². The van der Waals surface area contributed by atoms with E-state index in [1.54, 1.807) is 6.92 Å². The molecule has 2 aromatic carbocycles. The predicted molar refractivity (Wildman–Crippen MR) is 88.2 cm³/mol. The van der Waals surface area contributed by atoms with Gasteiger partial charge in [-0.15, -0.1) is 0 Å². The number of halogens is 4. The van der Waals surface area contributed by atoms with E-state index in [-0.39, 0.29) is 5.76 Å². The molecule has 1 heterocycles. The van der Waals surface area contributed by atoms with Gasteiger partial charge in [-0.1, -0.05) is 0 Å². The van der Waals surface area contributed by atoms with E-state index in [1.807, 2.05) is 5.32 Å². The summed E-state index contributed by atoms with van der Waals surface area (Å²) >= 11 is 0. The van der Waals surface area contributed by atoms with Crippen molar-refractivity contribution in [3.8, 4) is 0 Å². The number of furan rings is 1. The van der Waals surface area contributed by atoms with E-state index < -0.39 is 47.3 Å². The van der Waals surface area contributed by atoms with E-state index in [2.05, 4.69) is 5.32 Å². The van der Waals surface area contributed by atoms with E-state index >= 15 is 0 Å². The van der Waals surface area contributed by atoms with Crippen LogP contribution in [0.15, 0.2) is 34.7 Å². The molecule has 5 nitrogen and oxygen atoms in total. The van der Waals surface area contributed by atoms with Gasteiger partial charge in [-0.3, -0.25) is 9.59 Å². The van der Waals surface area contributed by atoms with Crippen LogP contribution in [0.5, 0.6) is 0 Å². The fourth-order valence-corrected chi connectivity index (χ4v) is 2.47. The lowest BCUT2D eigenvalue weighted by molar-refractivity contribution is -0.115. The lowest BCUT2D eigenvalue weighted by Crippen LogP contribution is -2.33. The van der Waals surface area contributed by atoms with Gasteiger partial charge in [-0.05, 0) is 37.3 Å². The summed E-state index contributed by atoms with van der Waals surface area (Å²) in [4.78, 5) is 24.0. The quantitative estimate of drug-likeness (QED) is 0.536. The summed E-state index contributed by atoms with van der Waals surface area (Å²) in [5, 5.41) is 4.68. The fourth-order valence-electron chi connectivity index (χ4n) is 2.47. The molecule has 27 heavy (non-hydrogen) atoms. The highest BCUT2D eigenvalue weighted by atomic mass is 19.2. The molecule has 0 fully saturated rings. The van der Waals surface area contributed by atoms with E-state index in [4.69, 9.17) is 4.42 Å². The first-order valence-electron chi connectivity index (χ1n) is 7.68. The number of hydrogen-bond donors (Lipinski definition) is 2. The van der Waals surface area contributed by atoms with E-state index in [9.17, 15) is 27.2 Å². The van der Waals surface area contributed by atoms with E-state index in [1.165, 1.54) is 18.2 Å². The van der Waals surface area contributed by atoms with Gasteiger partial charge in [0, 0.05) is 10.9 Å². The molecule has 3 rings (SSSR count). The number of carbonyl (C=O) groups is 2. The standard InChI is InChI=1S/C18H12F4N2O3/c1-8-10-6-9(19)2-5-13(10)27-17(8)18(26)23-7-14(25)24-12-4-3-11(20)15(21)16(12)22/h2-6H,7H2,1H3,(H,23,26)(H,24,25). The van der Waals surface area contributed by atoms with Crippen molar-refractivity contribution in [2.75, 3.05) is 11.9 Å². The minimum absolute atomic E-state index is 0.109. The molecule has 0 radical (unpaired) electrons. The van der Waals surface area contributed by atoms with Crippen LogP contribution in [0.1, 0.15) is 16.1 Å². The molecule has 0 spiro atoms. The summed E-state index contributed by atoms with van der Waals surface area (Å²) in [7, 11) is 0. The van der Waals surface area contributed by atoms with Crippen LogP contribution in [0, 0.1) is 30.2 Å². The van der Waals surface area contributed by atoms with E-state index in [0.717, 1.165) is 6.07 Å². The Hall–Kier alpha value is -3.36. The molecule has 0 atom stereocenters. The molecule has 0 unspecified atom stereocenters. The summed E-state index contributed by atoms with van der Waals surface area (Å²) in [5.74, 6) is -6.88. The minimum Gasteiger partial charge on any atom is -0.451 e. The zero-order chi connectivity index (χ0) is 19.7. The van der Waals surface area contributed by atoms with Crippen LogP contribution in [0.25, 0.3) is 11.0 Å². The zero-order valence-corrected chi connectivity index (χ0v) is 13.8. The second-order valence-corrected chi connectivity index (χ2v) is 5.65. The fraction of sp³-hybridized carbons (Fsp3) is 0.111. The van der Waals surface area contributed by atoms with E-state index in [0.29, 0.717) is 22.6 Å². The number of benzene rings is 2. The Labute approximate surface area is 150 Å². The normalized spacial score (nSPS) is 10.9. The molecule has 0 saturated heterocycles. The van der Waals surface area contributed by atoms with Gasteiger partial charge >= 0.3 is 0 Å². The highest BCUT2D eigenvalue weighted by Crippen LogP contribution is 2.26. The van der Waals surface area contributed by atoms with Crippen molar-refractivity contribution in [3.05, 3.63) is 64.9 Å². The van der Waals surface area contributed by atoms with Crippen LogP contribution in [0.2, 0.25) is 0 Å². The first kappa shape index (κ1) is 18.4. The van der Waals surface area contributed by atoms with Crippen molar-refractivity contribution in [2.45, 2.75) is 6.92 Å². The van der Waals surface area contributed by atoms with Crippen molar-refractivity contribution >= 4 is 28.5 Å². The second kappa shape index (κ2) is 7.10. The molecule has 2 N–H and O–H groups in total. The van der Waals surface area contributed by atoms with Crippen LogP contribution in [-0.4, -0.2) is 18.4 Å². The third kappa shape index (κ3) is 3.62. The van der Waals surface area contributed by atoms with Gasteiger partial charge in [0.2, 0.25) is 5.91 Å². The Bertz CT molecular complexity index is 1060. The van der Waals surface area contributed by atoms with Crippen molar-refractivity contribution in [2.24, 2.45) is 0 Å². The van der Waals surface area contributed by atoms with Crippen molar-refractivity contribution in [3.63, 3.8) is 0 Å². The Kier molecular flexibility index (Phi) is 4.85. The number of anilines is 1. The largest absolute Gasteiger partial charge is 0.451 e. The summed E-state index contributed by atoms with van der Waals surface area (Å²) < 4.78 is 58.2. The van der Waals surface area contributed by atoms with Gasteiger partial charge in [-0.2, -0.15) is 0 Å². The Balaban J connectivity index is 1.68. The maximum Gasteiger partial charge on any atom is 0.287 e. The van der Waals surface area contributed by atoms with Gasteiger partial charge in [0.05, 0.1) is 12.2 Å². The summed E-state index contributed by atoms with van der Waals surface area (Å²) in [5.41, 5.74) is 0.116. The van der Waals surface area contributed by atoms with Crippen LogP contribution in [0.3, 0.4) is 0 Å². The van der Waals surface area contributed by atoms with Crippen molar-refractivity contribution in [1.29, 1.82) is 0 Å². The number of hydrogen-bond acceptors (Lipinski definition) is 3. The molecular formula is C18H12F4N2O3. The molecule has 0 saturated carbocycles. The molecule has 3 aromatic rings. The molecule has 0 aliphatic rings. The first-order valence-corrected chi connectivity index (χ1v) is 7.68.